The molecule has 0 saturated carbocycles. The Morgan fingerprint density at radius 2 is 1.39 bits per heavy atom. The number of ether oxygens (including phenoxy) is 1. The summed E-state index contributed by atoms with van der Waals surface area (Å²) in [5, 5.41) is 17.5. The summed E-state index contributed by atoms with van der Waals surface area (Å²) in [5.41, 5.74) is 7.55. The molecule has 0 aromatic heterocycles. The molecule has 9 nitrogen and oxygen atoms in total. The number of amides is 2. The van der Waals surface area contributed by atoms with Crippen molar-refractivity contribution in [2.24, 2.45) is 5.73 Å². The fraction of sp³-hybridized carbons (Fsp3) is 0.333. The molecular weight excluding hydrogens is 583 g/mol. The minimum absolute atomic E-state index is 0.000759. The van der Waals surface area contributed by atoms with Crippen molar-refractivity contribution in [1.82, 2.24) is 16.0 Å². The number of carbonyl (C=O) groups is 2. The highest BCUT2D eigenvalue weighted by atomic mass is 19.1. The van der Waals surface area contributed by atoms with Crippen LogP contribution in [0.2, 0.25) is 0 Å². The van der Waals surface area contributed by atoms with Crippen molar-refractivity contribution in [2.75, 3.05) is 49.9 Å². The summed E-state index contributed by atoms with van der Waals surface area (Å²) in [5.74, 6) is -1.10. The molecule has 0 fully saturated rings. The molecule has 0 spiro atoms. The zero-order valence-electron chi connectivity index (χ0n) is 26.2. The Hall–Kier alpha value is -4.51. The van der Waals surface area contributed by atoms with Crippen LogP contribution in [0.25, 0.3) is 10.8 Å². The van der Waals surface area contributed by atoms with E-state index in [1.165, 1.54) is 6.07 Å². The fourth-order valence-corrected chi connectivity index (χ4v) is 4.91. The van der Waals surface area contributed by atoms with E-state index in [2.05, 4.69) is 26.6 Å². The molecule has 2 amide bonds. The molecule has 4 rings (SSSR count). The van der Waals surface area contributed by atoms with Gasteiger partial charge in [-0.1, -0.05) is 66.7 Å². The molecule has 46 heavy (non-hydrogen) atoms. The number of nitrogens with one attached hydrogen (secondary N) is 5. The highest BCUT2D eigenvalue weighted by Gasteiger charge is 2.18. The Kier molecular flexibility index (Phi) is 14.3. The standard InChI is InChI=1S/C36H45FN6O3/c37-32-23-31(35(44)42-25-27-10-2-1-3-11-27)33(24-34(32)41-21-9-20-40-18-7-6-17-39-19-8-16-38)43-36(45)46-26-28-14-15-29-12-4-5-13-30(29)22-28/h1-5,10-15,22-24,39-41H,6-9,16-21,25-26,38H2,(H,42,44)(H,43,45). The van der Waals surface area contributed by atoms with Gasteiger partial charge in [-0.2, -0.15) is 0 Å². The first-order valence-electron chi connectivity index (χ1n) is 16.0. The zero-order valence-corrected chi connectivity index (χ0v) is 26.2. The van der Waals surface area contributed by atoms with Gasteiger partial charge in [-0.3, -0.25) is 10.1 Å². The van der Waals surface area contributed by atoms with Gasteiger partial charge in [-0.25, -0.2) is 9.18 Å². The monoisotopic (exact) mass is 628 g/mol. The number of nitrogens with two attached hydrogens (primary N) is 1. The third-order valence-corrected chi connectivity index (χ3v) is 7.43. The number of unbranched alkanes of at least 4 members (excludes halogenated alkanes) is 1. The van der Waals surface area contributed by atoms with E-state index in [0.29, 0.717) is 13.1 Å². The predicted molar refractivity (Wildman–Crippen MR) is 184 cm³/mol. The lowest BCUT2D eigenvalue weighted by atomic mass is 10.1. The van der Waals surface area contributed by atoms with Crippen molar-refractivity contribution in [2.45, 2.75) is 38.8 Å². The Morgan fingerprint density at radius 1 is 0.696 bits per heavy atom. The molecule has 0 aliphatic carbocycles. The van der Waals surface area contributed by atoms with Crippen molar-refractivity contribution in [1.29, 1.82) is 0 Å². The van der Waals surface area contributed by atoms with Crippen LogP contribution in [0, 0.1) is 5.82 Å². The van der Waals surface area contributed by atoms with Crippen LogP contribution in [0.1, 0.15) is 47.2 Å². The topological polar surface area (TPSA) is 130 Å². The molecule has 0 saturated heterocycles. The van der Waals surface area contributed by atoms with Crippen LogP contribution in [-0.4, -0.2) is 51.3 Å². The van der Waals surface area contributed by atoms with E-state index in [1.807, 2.05) is 72.8 Å². The molecule has 10 heteroatoms. The van der Waals surface area contributed by atoms with Crippen LogP contribution in [0.5, 0.6) is 0 Å². The minimum Gasteiger partial charge on any atom is -0.444 e. The lowest BCUT2D eigenvalue weighted by Gasteiger charge is -2.16. The second kappa shape index (κ2) is 19.1. The first-order valence-corrected chi connectivity index (χ1v) is 16.0. The molecule has 4 aromatic rings. The normalized spacial score (nSPS) is 10.9. The SMILES string of the molecule is NCCCNCCCCNCCCNc1cc(NC(=O)OCc2ccc3ccccc3c2)c(C(=O)NCc2ccccc2)cc1F. The van der Waals surface area contributed by atoms with Gasteiger partial charge in [0, 0.05) is 13.1 Å². The smallest absolute Gasteiger partial charge is 0.411 e. The zero-order chi connectivity index (χ0) is 32.4. The van der Waals surface area contributed by atoms with E-state index in [9.17, 15) is 9.59 Å². The van der Waals surface area contributed by atoms with Gasteiger partial charge in [0.15, 0.2) is 0 Å². The molecule has 0 bridgehead atoms. The van der Waals surface area contributed by atoms with Gasteiger partial charge in [0.2, 0.25) is 0 Å². The number of anilines is 2. The summed E-state index contributed by atoms with van der Waals surface area (Å²) in [4.78, 5) is 26.0. The summed E-state index contributed by atoms with van der Waals surface area (Å²) in [7, 11) is 0. The van der Waals surface area contributed by atoms with E-state index >= 15 is 4.39 Å². The predicted octanol–water partition coefficient (Wildman–Crippen LogP) is 5.77. The van der Waals surface area contributed by atoms with Crippen LogP contribution in [0.4, 0.5) is 20.6 Å². The average Bonchev–Trinajstić information content (AvgIpc) is 3.08. The molecule has 0 radical (unpaired) electrons. The first kappa shape index (κ1) is 34.4. The van der Waals surface area contributed by atoms with E-state index in [1.54, 1.807) is 0 Å². The van der Waals surface area contributed by atoms with Gasteiger partial charge in [0.1, 0.15) is 12.4 Å². The quantitative estimate of drug-likeness (QED) is 0.0728. The molecule has 0 heterocycles. The fourth-order valence-electron chi connectivity index (χ4n) is 4.91. The van der Waals surface area contributed by atoms with Gasteiger partial charge in [0.05, 0.1) is 16.9 Å². The average molecular weight is 629 g/mol. The van der Waals surface area contributed by atoms with Crippen molar-refractivity contribution in [3.8, 4) is 0 Å². The van der Waals surface area contributed by atoms with E-state index in [-0.39, 0.29) is 30.1 Å². The maximum atomic E-state index is 15.2. The summed E-state index contributed by atoms with van der Waals surface area (Å²) in [6, 6.07) is 25.7. The summed E-state index contributed by atoms with van der Waals surface area (Å²) in [6.45, 7) is 5.14. The molecule has 7 N–H and O–H groups in total. The number of hydrogen-bond acceptors (Lipinski definition) is 7. The molecule has 0 aliphatic rings. The van der Waals surface area contributed by atoms with Crippen molar-refractivity contribution in [3.05, 3.63) is 107 Å². The van der Waals surface area contributed by atoms with Gasteiger partial charge in [-0.05, 0) is 98.5 Å². The molecule has 4 aromatic carbocycles. The Balaban J connectivity index is 1.32. The summed E-state index contributed by atoms with van der Waals surface area (Å²) in [6.07, 6.45) is 3.17. The maximum Gasteiger partial charge on any atom is 0.411 e. The number of benzene rings is 4. The van der Waals surface area contributed by atoms with E-state index in [4.69, 9.17) is 10.5 Å². The van der Waals surface area contributed by atoms with Crippen molar-refractivity contribution >= 4 is 34.1 Å². The summed E-state index contributed by atoms with van der Waals surface area (Å²) < 4.78 is 20.7. The maximum absolute atomic E-state index is 15.2. The van der Waals surface area contributed by atoms with Crippen LogP contribution in [-0.2, 0) is 17.9 Å². The Bertz CT molecular complexity index is 1540. The lowest BCUT2D eigenvalue weighted by molar-refractivity contribution is 0.0951. The van der Waals surface area contributed by atoms with Gasteiger partial charge in [-0.15, -0.1) is 0 Å². The lowest BCUT2D eigenvalue weighted by Crippen LogP contribution is -2.25. The Morgan fingerprint density at radius 3 is 2.15 bits per heavy atom. The largest absolute Gasteiger partial charge is 0.444 e. The Labute approximate surface area is 270 Å². The van der Waals surface area contributed by atoms with Crippen LogP contribution in [0.3, 0.4) is 0 Å². The van der Waals surface area contributed by atoms with Crippen molar-refractivity contribution in [3.63, 3.8) is 0 Å². The van der Waals surface area contributed by atoms with Gasteiger partial charge in [0.25, 0.3) is 5.91 Å². The number of hydrogen-bond donors (Lipinski definition) is 6. The van der Waals surface area contributed by atoms with Gasteiger partial charge >= 0.3 is 6.09 Å². The molecule has 244 valence electrons. The second-order valence-electron chi connectivity index (χ2n) is 11.1. The first-order chi connectivity index (χ1) is 22.5. The third-order valence-electron chi connectivity index (χ3n) is 7.43. The summed E-state index contributed by atoms with van der Waals surface area (Å²) >= 11 is 0. The second-order valence-corrected chi connectivity index (χ2v) is 11.1. The number of carbonyl (C=O) groups excluding carboxylic acids is 2. The van der Waals surface area contributed by atoms with E-state index in [0.717, 1.165) is 79.8 Å². The van der Waals surface area contributed by atoms with Crippen LogP contribution in [0.15, 0.2) is 84.9 Å². The number of halogens is 1. The molecule has 0 atom stereocenters. The van der Waals surface area contributed by atoms with Crippen LogP contribution >= 0.6 is 0 Å². The number of rotatable bonds is 19. The molecular formula is C36H45FN6O3. The third kappa shape index (κ3) is 11.4. The molecule has 0 unspecified atom stereocenters. The van der Waals surface area contributed by atoms with Crippen LogP contribution < -0.4 is 32.3 Å². The number of fused-ring (bicyclic) bond motifs is 1. The highest BCUT2D eigenvalue weighted by molar-refractivity contribution is 6.03. The van der Waals surface area contributed by atoms with Gasteiger partial charge < -0.3 is 31.7 Å². The highest BCUT2D eigenvalue weighted by Crippen LogP contribution is 2.26. The van der Waals surface area contributed by atoms with E-state index < -0.39 is 17.8 Å². The molecule has 0 aliphatic heterocycles. The minimum atomic E-state index is -0.749. The van der Waals surface area contributed by atoms with Crippen molar-refractivity contribution < 1.29 is 18.7 Å².